The maximum atomic E-state index is 10.2. The maximum Gasteiger partial charge on any atom is 0.212 e. The van der Waals surface area contributed by atoms with E-state index in [9.17, 15) is 5.11 Å². The fourth-order valence-corrected chi connectivity index (χ4v) is 4.10. The molecule has 1 aliphatic rings. The van der Waals surface area contributed by atoms with Gasteiger partial charge in [0.25, 0.3) is 0 Å². The van der Waals surface area contributed by atoms with Crippen LogP contribution in [0.3, 0.4) is 0 Å². The van der Waals surface area contributed by atoms with Gasteiger partial charge in [0, 0.05) is 11.1 Å². The lowest BCUT2D eigenvalue weighted by atomic mass is 10.0. The Balaban J connectivity index is 1.66. The quantitative estimate of drug-likeness (QED) is 0.565. The third-order valence-corrected chi connectivity index (χ3v) is 5.69. The largest absolute Gasteiger partial charge is 0.507 e. The van der Waals surface area contributed by atoms with Crippen LogP contribution in [-0.4, -0.2) is 41.6 Å². The maximum absolute atomic E-state index is 10.2. The predicted molar refractivity (Wildman–Crippen MR) is 109 cm³/mol. The van der Waals surface area contributed by atoms with E-state index >= 15 is 0 Å². The Kier molecular flexibility index (Phi) is 3.87. The van der Waals surface area contributed by atoms with Crippen molar-refractivity contribution < 1.29 is 5.11 Å². The topological polar surface area (TPSA) is 89.1 Å². The first kappa shape index (κ1) is 16.9. The lowest BCUT2D eigenvalue weighted by Gasteiger charge is -2.15. The normalized spacial score (nSPS) is 13.4. The van der Waals surface area contributed by atoms with Crippen molar-refractivity contribution in [3.63, 3.8) is 0 Å². The third-order valence-electron chi connectivity index (χ3n) is 4.76. The third kappa shape index (κ3) is 2.65. The molecule has 1 aliphatic heterocycles. The molecule has 0 spiro atoms. The minimum absolute atomic E-state index is 0.141. The smallest absolute Gasteiger partial charge is 0.212 e. The van der Waals surface area contributed by atoms with Gasteiger partial charge in [-0.05, 0) is 43.7 Å². The Bertz CT molecular complexity index is 1260. The highest BCUT2D eigenvalue weighted by Gasteiger charge is 2.24. The van der Waals surface area contributed by atoms with Gasteiger partial charge >= 0.3 is 0 Å². The van der Waals surface area contributed by atoms with Gasteiger partial charge < -0.3 is 5.11 Å². The molecular weight excluding hydrogens is 372 g/mol. The molecule has 7 nitrogen and oxygen atoms in total. The standard InChI is InChI=1S/C20H16N6OS/c1-11-7-8-15-14(9-11)12(2)18(22-21-15)16-10-28-20-24-23-19(26(20)25-16)13-5-3-4-6-17(13)27/h3-9,27H,10H2,1-2H3. The molecular formula is C20H16N6OS. The number of nitrogens with zero attached hydrogens (tertiary/aromatic N) is 6. The number of phenols is 1. The predicted octanol–water partition coefficient (Wildman–Crippen LogP) is 3.57. The second-order valence-corrected chi connectivity index (χ2v) is 7.61. The molecule has 5 rings (SSSR count). The highest BCUT2D eigenvalue weighted by molar-refractivity contribution is 7.99. The summed E-state index contributed by atoms with van der Waals surface area (Å²) in [5.74, 6) is 1.27. The first-order chi connectivity index (χ1) is 13.6. The summed E-state index contributed by atoms with van der Waals surface area (Å²) in [6.45, 7) is 4.11. The van der Waals surface area contributed by atoms with Gasteiger partial charge in [-0.2, -0.15) is 9.78 Å². The van der Waals surface area contributed by atoms with Gasteiger partial charge in [-0.25, -0.2) is 0 Å². The first-order valence-corrected chi connectivity index (χ1v) is 9.79. The lowest BCUT2D eigenvalue weighted by Crippen LogP contribution is -2.17. The van der Waals surface area contributed by atoms with Crippen molar-refractivity contribution in [2.24, 2.45) is 5.10 Å². The molecule has 0 saturated heterocycles. The summed E-state index contributed by atoms with van der Waals surface area (Å²) in [6.07, 6.45) is 0. The average Bonchev–Trinajstić information content (AvgIpc) is 3.12. The van der Waals surface area contributed by atoms with Crippen LogP contribution in [0.1, 0.15) is 16.8 Å². The molecule has 0 fully saturated rings. The van der Waals surface area contributed by atoms with Crippen molar-refractivity contribution in [3.8, 4) is 17.1 Å². The number of phenolic OH excluding ortho intramolecular Hbond substituents is 1. The number of aryl methyl sites for hydroxylation is 2. The van der Waals surface area contributed by atoms with Crippen LogP contribution in [0.15, 0.2) is 52.7 Å². The Morgan fingerprint density at radius 1 is 1.00 bits per heavy atom. The summed E-state index contributed by atoms with van der Waals surface area (Å²) in [4.78, 5) is 0. The molecule has 0 aliphatic carbocycles. The minimum Gasteiger partial charge on any atom is -0.507 e. The van der Waals surface area contributed by atoms with Crippen molar-refractivity contribution in [2.45, 2.75) is 19.0 Å². The zero-order chi connectivity index (χ0) is 19.3. The SMILES string of the molecule is Cc1ccc2nnc(C3=Nn4c(nnc4-c4ccccc4O)SC3)c(C)c2c1. The van der Waals surface area contributed by atoms with Crippen molar-refractivity contribution in [3.05, 3.63) is 59.3 Å². The highest BCUT2D eigenvalue weighted by Crippen LogP contribution is 2.33. The van der Waals surface area contributed by atoms with E-state index in [1.54, 1.807) is 22.9 Å². The minimum atomic E-state index is 0.141. The Morgan fingerprint density at radius 3 is 2.71 bits per heavy atom. The molecule has 2 aromatic heterocycles. The number of para-hydroxylation sites is 1. The lowest BCUT2D eigenvalue weighted by molar-refractivity contribution is 0.476. The van der Waals surface area contributed by atoms with E-state index in [1.807, 2.05) is 25.1 Å². The molecule has 1 N–H and O–H groups in total. The average molecular weight is 388 g/mol. The number of hydrogen-bond donors (Lipinski definition) is 1. The molecule has 138 valence electrons. The van der Waals surface area contributed by atoms with Crippen molar-refractivity contribution >= 4 is 28.4 Å². The van der Waals surface area contributed by atoms with Gasteiger partial charge in [0.15, 0.2) is 5.82 Å². The zero-order valence-electron chi connectivity index (χ0n) is 15.3. The molecule has 0 saturated carbocycles. The van der Waals surface area contributed by atoms with Crippen LogP contribution in [-0.2, 0) is 0 Å². The highest BCUT2D eigenvalue weighted by atomic mass is 32.2. The number of aromatic nitrogens is 5. The Labute approximate surface area is 165 Å². The monoisotopic (exact) mass is 388 g/mol. The molecule has 0 amide bonds. The summed E-state index contributed by atoms with van der Waals surface area (Å²) in [6, 6.07) is 13.2. The van der Waals surface area contributed by atoms with Crippen LogP contribution in [0.25, 0.3) is 22.3 Å². The molecule has 4 aromatic rings. The summed E-state index contributed by atoms with van der Waals surface area (Å²) in [5.41, 5.74) is 5.27. The van der Waals surface area contributed by atoms with Gasteiger partial charge in [-0.3, -0.25) is 0 Å². The molecule has 0 unspecified atom stereocenters. The summed E-state index contributed by atoms with van der Waals surface area (Å²) in [5, 5.41) is 34.0. The molecule has 3 heterocycles. The van der Waals surface area contributed by atoms with Crippen LogP contribution >= 0.6 is 11.8 Å². The number of thioether (sulfide) groups is 1. The Hall–Kier alpha value is -3.26. The first-order valence-electron chi connectivity index (χ1n) is 8.80. The number of rotatable bonds is 2. The van der Waals surface area contributed by atoms with Gasteiger partial charge in [0.05, 0.1) is 16.8 Å². The van der Waals surface area contributed by atoms with Crippen LogP contribution in [0, 0.1) is 13.8 Å². The van der Waals surface area contributed by atoms with E-state index in [0.29, 0.717) is 22.3 Å². The van der Waals surface area contributed by atoms with E-state index in [4.69, 9.17) is 5.10 Å². The van der Waals surface area contributed by atoms with Crippen molar-refractivity contribution in [2.75, 3.05) is 5.75 Å². The Morgan fingerprint density at radius 2 is 1.86 bits per heavy atom. The molecule has 28 heavy (non-hydrogen) atoms. The second-order valence-electron chi connectivity index (χ2n) is 6.66. The number of benzene rings is 2. The fourth-order valence-electron chi connectivity index (χ4n) is 3.29. The van der Waals surface area contributed by atoms with E-state index in [-0.39, 0.29) is 5.75 Å². The number of hydrogen-bond acceptors (Lipinski definition) is 7. The molecule has 0 atom stereocenters. The van der Waals surface area contributed by atoms with Crippen molar-refractivity contribution in [1.29, 1.82) is 0 Å². The second kappa shape index (κ2) is 6.42. The summed E-state index contributed by atoms with van der Waals surface area (Å²) in [7, 11) is 0. The molecule has 2 aromatic carbocycles. The van der Waals surface area contributed by atoms with Gasteiger partial charge in [0.2, 0.25) is 5.16 Å². The number of aromatic hydroxyl groups is 1. The van der Waals surface area contributed by atoms with E-state index in [0.717, 1.165) is 27.9 Å². The van der Waals surface area contributed by atoms with E-state index in [1.165, 1.54) is 17.3 Å². The van der Waals surface area contributed by atoms with Crippen molar-refractivity contribution in [1.82, 2.24) is 25.1 Å². The van der Waals surface area contributed by atoms with Gasteiger partial charge in [-0.1, -0.05) is 35.5 Å². The van der Waals surface area contributed by atoms with Crippen LogP contribution in [0.5, 0.6) is 5.75 Å². The zero-order valence-corrected chi connectivity index (χ0v) is 16.1. The van der Waals surface area contributed by atoms with E-state index < -0.39 is 0 Å². The molecule has 8 heteroatoms. The van der Waals surface area contributed by atoms with E-state index in [2.05, 4.69) is 33.4 Å². The van der Waals surface area contributed by atoms with Gasteiger partial charge in [0.1, 0.15) is 11.4 Å². The summed E-state index contributed by atoms with van der Waals surface area (Å²) < 4.78 is 1.67. The summed E-state index contributed by atoms with van der Waals surface area (Å²) >= 11 is 1.54. The molecule has 0 radical (unpaired) electrons. The van der Waals surface area contributed by atoms with Crippen LogP contribution < -0.4 is 0 Å². The van der Waals surface area contributed by atoms with Crippen LogP contribution in [0.2, 0.25) is 0 Å². The van der Waals surface area contributed by atoms with Gasteiger partial charge in [-0.15, -0.1) is 20.4 Å². The number of fused-ring (bicyclic) bond motifs is 2. The fraction of sp³-hybridized carbons (Fsp3) is 0.150. The van der Waals surface area contributed by atoms with Crippen LogP contribution in [0.4, 0.5) is 0 Å². The molecule has 0 bridgehead atoms.